The number of nitrogens with zero attached hydrogens (tertiary/aromatic N) is 4. The van der Waals surface area contributed by atoms with Crippen LogP contribution in [-0.2, 0) is 13.1 Å². The summed E-state index contributed by atoms with van der Waals surface area (Å²) in [7, 11) is 3.25. The third kappa shape index (κ3) is 6.56. The second-order valence-electron chi connectivity index (χ2n) is 8.98. The number of benzene rings is 2. The summed E-state index contributed by atoms with van der Waals surface area (Å²) in [4.78, 5) is 42.6. The lowest BCUT2D eigenvalue weighted by Crippen LogP contribution is -2.47. The average Bonchev–Trinajstić information content (AvgIpc) is 2.92. The Morgan fingerprint density at radius 1 is 0.921 bits per heavy atom. The number of halogens is 1. The maximum Gasteiger partial charge on any atom is 0.331 e. The number of piperazine rings is 1. The third-order valence-electron chi connectivity index (χ3n) is 6.67. The van der Waals surface area contributed by atoms with E-state index in [1.165, 1.54) is 10.8 Å². The Kier molecular flexibility index (Phi) is 9.98. The smallest absolute Gasteiger partial charge is 0.331 e. The van der Waals surface area contributed by atoms with Crippen LogP contribution in [0.2, 0.25) is 0 Å². The Morgan fingerprint density at radius 3 is 2.24 bits per heavy atom. The van der Waals surface area contributed by atoms with Crippen LogP contribution in [0.15, 0.2) is 64.3 Å². The Balaban J connectivity index is 0.00000400. The van der Waals surface area contributed by atoms with Gasteiger partial charge in [-0.3, -0.25) is 23.6 Å². The Bertz CT molecular complexity index is 1350. The minimum Gasteiger partial charge on any atom is -0.497 e. The summed E-state index contributed by atoms with van der Waals surface area (Å²) in [6, 6.07) is 15.2. The summed E-state index contributed by atoms with van der Waals surface area (Å²) in [6.07, 6.45) is 1.85. The molecule has 0 saturated carbocycles. The highest BCUT2D eigenvalue weighted by Gasteiger charge is 2.20. The van der Waals surface area contributed by atoms with Crippen molar-refractivity contribution in [1.29, 1.82) is 0 Å². The summed E-state index contributed by atoms with van der Waals surface area (Å²) < 4.78 is 13.1. The normalized spacial score (nSPS) is 13.6. The highest BCUT2D eigenvalue weighted by atomic mass is 35.5. The molecular weight excluding hydrogens is 510 g/mol. The van der Waals surface area contributed by atoms with Crippen molar-refractivity contribution < 1.29 is 14.3 Å². The van der Waals surface area contributed by atoms with Crippen molar-refractivity contribution in [2.24, 2.45) is 5.73 Å². The monoisotopic (exact) mass is 543 g/mol. The predicted molar refractivity (Wildman–Crippen MR) is 149 cm³/mol. The van der Waals surface area contributed by atoms with E-state index < -0.39 is 17.2 Å². The molecule has 0 spiro atoms. The van der Waals surface area contributed by atoms with Gasteiger partial charge in [0.05, 0.1) is 26.5 Å². The van der Waals surface area contributed by atoms with Gasteiger partial charge >= 0.3 is 5.69 Å². The maximum atomic E-state index is 13.2. The van der Waals surface area contributed by atoms with Gasteiger partial charge in [0, 0.05) is 38.9 Å². The molecule has 1 aliphatic heterocycles. The highest BCUT2D eigenvalue weighted by Crippen LogP contribution is 2.28. The van der Waals surface area contributed by atoms with Crippen LogP contribution in [0.25, 0.3) is 0 Å². The van der Waals surface area contributed by atoms with Crippen molar-refractivity contribution in [3.8, 4) is 11.5 Å². The molecule has 4 rings (SSSR count). The van der Waals surface area contributed by atoms with Gasteiger partial charge in [-0.15, -0.1) is 12.4 Å². The van der Waals surface area contributed by atoms with Gasteiger partial charge in [-0.25, -0.2) is 4.79 Å². The molecule has 0 bridgehead atoms. The minimum atomic E-state index is -0.852. The fourth-order valence-electron chi connectivity index (χ4n) is 4.62. The fourth-order valence-corrected chi connectivity index (χ4v) is 4.62. The number of hydrogen-bond donors (Lipinski definition) is 1. The van der Waals surface area contributed by atoms with Gasteiger partial charge in [-0.05, 0) is 42.8 Å². The first-order valence-electron chi connectivity index (χ1n) is 12.3. The first-order chi connectivity index (χ1) is 17.9. The summed E-state index contributed by atoms with van der Waals surface area (Å²) in [5.41, 5.74) is 6.06. The molecule has 1 fully saturated rings. The fraction of sp³-hybridized carbons (Fsp3) is 0.370. The van der Waals surface area contributed by atoms with Crippen molar-refractivity contribution in [3.63, 3.8) is 0 Å². The van der Waals surface area contributed by atoms with Crippen LogP contribution in [0.4, 0.5) is 5.69 Å². The summed E-state index contributed by atoms with van der Waals surface area (Å²) in [5.74, 6) is 0.702. The van der Waals surface area contributed by atoms with E-state index >= 15 is 0 Å². The summed E-state index contributed by atoms with van der Waals surface area (Å²) >= 11 is 0. The van der Waals surface area contributed by atoms with E-state index in [0.717, 1.165) is 54.3 Å². The summed E-state index contributed by atoms with van der Waals surface area (Å²) in [6.45, 7) is 4.55. The van der Waals surface area contributed by atoms with Crippen molar-refractivity contribution in [1.82, 2.24) is 14.0 Å². The number of carbonyl (C=O) groups excluding carboxylic acids is 1. The number of aromatic nitrogens is 2. The SMILES string of the molecule is COc1ccc(Cn2cc(C(N)=O)c(=O)n(CCCN3CCN(c4ccccc4OC)CC3)c2=O)cc1.Cl. The number of nitrogens with two attached hydrogens (primary N) is 1. The molecular formula is C27H34ClN5O5. The van der Waals surface area contributed by atoms with Crippen LogP contribution in [0, 0.1) is 0 Å². The molecule has 0 atom stereocenters. The molecule has 204 valence electrons. The van der Waals surface area contributed by atoms with Crippen LogP contribution in [-0.4, -0.2) is 66.9 Å². The number of para-hydroxylation sites is 2. The zero-order valence-electron chi connectivity index (χ0n) is 21.7. The van der Waals surface area contributed by atoms with Gasteiger partial charge in [0.25, 0.3) is 11.5 Å². The molecule has 11 heteroatoms. The number of amides is 1. The molecule has 10 nitrogen and oxygen atoms in total. The van der Waals surface area contributed by atoms with Crippen LogP contribution >= 0.6 is 12.4 Å². The molecule has 0 aliphatic carbocycles. The first-order valence-corrected chi connectivity index (χ1v) is 12.3. The number of primary amides is 1. The van der Waals surface area contributed by atoms with E-state index in [0.29, 0.717) is 12.2 Å². The molecule has 1 saturated heterocycles. The van der Waals surface area contributed by atoms with E-state index in [1.54, 1.807) is 26.4 Å². The van der Waals surface area contributed by atoms with Crippen molar-refractivity contribution in [2.75, 3.05) is 51.8 Å². The Labute approximate surface area is 227 Å². The van der Waals surface area contributed by atoms with Gasteiger partial charge in [-0.1, -0.05) is 24.3 Å². The molecule has 38 heavy (non-hydrogen) atoms. The van der Waals surface area contributed by atoms with Gasteiger partial charge in [0.15, 0.2) is 0 Å². The van der Waals surface area contributed by atoms with Crippen molar-refractivity contribution in [2.45, 2.75) is 19.5 Å². The average molecular weight is 544 g/mol. The molecule has 1 aliphatic rings. The molecule has 2 N–H and O–H groups in total. The third-order valence-corrected chi connectivity index (χ3v) is 6.67. The molecule has 1 amide bonds. The number of anilines is 1. The molecule has 3 aromatic rings. The minimum absolute atomic E-state index is 0. The second kappa shape index (κ2) is 13.2. The van der Waals surface area contributed by atoms with E-state index in [9.17, 15) is 14.4 Å². The lowest BCUT2D eigenvalue weighted by molar-refractivity contribution is 0.0997. The molecule has 0 radical (unpaired) electrons. The van der Waals surface area contributed by atoms with Gasteiger partial charge < -0.3 is 20.1 Å². The van der Waals surface area contributed by atoms with Gasteiger partial charge in [0.2, 0.25) is 0 Å². The molecule has 0 unspecified atom stereocenters. The number of rotatable bonds is 10. The van der Waals surface area contributed by atoms with E-state index in [-0.39, 0.29) is 31.1 Å². The first kappa shape index (κ1) is 28.8. The highest BCUT2D eigenvalue weighted by molar-refractivity contribution is 5.92. The molecule has 2 heterocycles. The largest absolute Gasteiger partial charge is 0.497 e. The number of ether oxygens (including phenoxy) is 2. The van der Waals surface area contributed by atoms with Crippen molar-refractivity contribution >= 4 is 24.0 Å². The topological polar surface area (TPSA) is 112 Å². The van der Waals surface area contributed by atoms with E-state index in [4.69, 9.17) is 15.2 Å². The lowest BCUT2D eigenvalue weighted by atomic mass is 10.2. The van der Waals surface area contributed by atoms with Crippen LogP contribution in [0.5, 0.6) is 11.5 Å². The quantitative estimate of drug-likeness (QED) is 0.415. The Hall–Kier alpha value is -3.76. The lowest BCUT2D eigenvalue weighted by Gasteiger charge is -2.36. The predicted octanol–water partition coefficient (Wildman–Crippen LogP) is 1.81. The van der Waals surface area contributed by atoms with Crippen molar-refractivity contribution in [3.05, 3.63) is 86.7 Å². The second-order valence-corrected chi connectivity index (χ2v) is 8.98. The van der Waals surface area contributed by atoms with Gasteiger partial charge in [-0.2, -0.15) is 0 Å². The van der Waals surface area contributed by atoms with E-state index in [2.05, 4.69) is 15.9 Å². The molecule has 1 aromatic heterocycles. The van der Waals surface area contributed by atoms with Crippen LogP contribution in [0.3, 0.4) is 0 Å². The number of carbonyl (C=O) groups is 1. The van der Waals surface area contributed by atoms with Gasteiger partial charge in [0.1, 0.15) is 17.1 Å². The van der Waals surface area contributed by atoms with E-state index in [1.807, 2.05) is 30.3 Å². The standard InChI is InChI=1S/C27H33N5O5.ClH/c1-36-21-10-8-20(9-11-21)18-31-19-22(25(28)33)26(34)32(27(31)35)13-5-12-29-14-16-30(17-15-29)23-6-3-4-7-24(23)37-2;/h3-4,6-11,19H,5,12-18H2,1-2H3,(H2,28,33);1H. The number of hydrogen-bond acceptors (Lipinski definition) is 7. The van der Waals surface area contributed by atoms with Crippen LogP contribution in [0.1, 0.15) is 22.3 Å². The number of methoxy groups -OCH3 is 2. The Morgan fingerprint density at radius 2 is 1.61 bits per heavy atom. The zero-order valence-corrected chi connectivity index (χ0v) is 22.5. The van der Waals surface area contributed by atoms with Crippen LogP contribution < -0.4 is 31.4 Å². The maximum absolute atomic E-state index is 13.2. The summed E-state index contributed by atoms with van der Waals surface area (Å²) in [5, 5.41) is 0. The zero-order chi connectivity index (χ0) is 26.4. The molecule has 2 aromatic carbocycles.